The van der Waals surface area contributed by atoms with Gasteiger partial charge >= 0.3 is 0 Å². The van der Waals surface area contributed by atoms with E-state index in [1.807, 2.05) is 51.1 Å². The Bertz CT molecular complexity index is 390. The first-order chi connectivity index (χ1) is 8.67. The third-order valence-electron chi connectivity index (χ3n) is 2.32. The second-order valence-corrected chi connectivity index (χ2v) is 3.57. The van der Waals surface area contributed by atoms with E-state index in [9.17, 15) is 4.79 Å². The molecule has 0 radical (unpaired) electrons. The van der Waals surface area contributed by atoms with Crippen molar-refractivity contribution in [2.45, 2.75) is 34.1 Å². The van der Waals surface area contributed by atoms with E-state index in [2.05, 4.69) is 0 Å². The number of nitriles is 1. The Labute approximate surface area is 109 Å². The average Bonchev–Trinajstić information content (AvgIpc) is 2.40. The molecule has 0 aliphatic rings. The van der Waals surface area contributed by atoms with Crippen molar-refractivity contribution in [2.24, 2.45) is 5.92 Å². The Morgan fingerprint density at radius 1 is 1.33 bits per heavy atom. The van der Waals surface area contributed by atoms with Gasteiger partial charge in [-0.05, 0) is 38.0 Å². The summed E-state index contributed by atoms with van der Waals surface area (Å²) in [5.74, 6) is 0.178. The van der Waals surface area contributed by atoms with Gasteiger partial charge in [-0.3, -0.25) is 4.79 Å². The Morgan fingerprint density at radius 2 is 1.89 bits per heavy atom. The van der Waals surface area contributed by atoms with Gasteiger partial charge in [0.05, 0.1) is 12.7 Å². The lowest BCUT2D eigenvalue weighted by atomic mass is 9.97. The van der Waals surface area contributed by atoms with Crippen LogP contribution in [0.1, 0.15) is 33.3 Å². The number of ketones is 1. The first-order valence-electron chi connectivity index (χ1n) is 6.29. The van der Waals surface area contributed by atoms with Gasteiger partial charge in [0.25, 0.3) is 0 Å². The van der Waals surface area contributed by atoms with Crippen LogP contribution in [0.5, 0.6) is 5.75 Å². The van der Waals surface area contributed by atoms with E-state index in [0.717, 1.165) is 11.3 Å². The molecule has 0 heterocycles. The first kappa shape index (κ1) is 16.2. The van der Waals surface area contributed by atoms with Crippen molar-refractivity contribution in [3.63, 3.8) is 0 Å². The molecule has 0 bridgehead atoms. The molecule has 0 spiro atoms. The molecule has 1 unspecified atom stereocenters. The zero-order valence-electron chi connectivity index (χ0n) is 11.6. The summed E-state index contributed by atoms with van der Waals surface area (Å²) in [6.45, 7) is 8.01. The third kappa shape index (κ3) is 5.49. The summed E-state index contributed by atoms with van der Waals surface area (Å²) in [5, 5.41) is 8.80. The van der Waals surface area contributed by atoms with Crippen molar-refractivity contribution in [1.82, 2.24) is 0 Å². The van der Waals surface area contributed by atoms with Crippen LogP contribution >= 0.6 is 0 Å². The van der Waals surface area contributed by atoms with Crippen LogP contribution in [0.2, 0.25) is 0 Å². The largest absolute Gasteiger partial charge is 0.494 e. The number of rotatable bonds is 5. The number of hydrogen-bond acceptors (Lipinski definition) is 3. The van der Waals surface area contributed by atoms with Gasteiger partial charge in [0.2, 0.25) is 0 Å². The zero-order valence-corrected chi connectivity index (χ0v) is 11.6. The van der Waals surface area contributed by atoms with Crippen LogP contribution < -0.4 is 4.74 Å². The van der Waals surface area contributed by atoms with Crippen molar-refractivity contribution < 1.29 is 9.53 Å². The molecule has 0 aliphatic carbocycles. The smallest absolute Gasteiger partial charge is 0.147 e. The summed E-state index contributed by atoms with van der Waals surface area (Å²) in [6.07, 6.45) is 0.470. The number of hydrogen-bond donors (Lipinski definition) is 0. The minimum absolute atomic E-state index is 0.0867. The third-order valence-corrected chi connectivity index (χ3v) is 2.32. The maximum Gasteiger partial charge on any atom is 0.147 e. The molecule has 18 heavy (non-hydrogen) atoms. The van der Waals surface area contributed by atoms with Crippen molar-refractivity contribution in [3.05, 3.63) is 29.8 Å². The number of carbonyl (C=O) groups excluding carboxylic acids is 1. The summed E-state index contributed by atoms with van der Waals surface area (Å²) >= 11 is 0. The lowest BCUT2D eigenvalue weighted by molar-refractivity contribution is -0.119. The highest BCUT2D eigenvalue weighted by atomic mass is 16.5. The molecule has 1 atom stereocenters. The van der Waals surface area contributed by atoms with Crippen LogP contribution in [0, 0.1) is 17.2 Å². The molecule has 0 N–H and O–H groups in total. The van der Waals surface area contributed by atoms with Crippen molar-refractivity contribution in [3.8, 4) is 11.8 Å². The van der Waals surface area contributed by atoms with Gasteiger partial charge in [-0.1, -0.05) is 26.0 Å². The van der Waals surface area contributed by atoms with Crippen molar-refractivity contribution in [2.75, 3.05) is 6.61 Å². The fraction of sp³-hybridized carbons (Fsp3) is 0.467. The van der Waals surface area contributed by atoms with Gasteiger partial charge in [-0.25, -0.2) is 0 Å². The van der Waals surface area contributed by atoms with Gasteiger partial charge in [0.15, 0.2) is 0 Å². The Balaban J connectivity index is 0.00000137. The quantitative estimate of drug-likeness (QED) is 0.801. The van der Waals surface area contributed by atoms with E-state index in [1.54, 1.807) is 0 Å². The second-order valence-electron chi connectivity index (χ2n) is 3.57. The predicted octanol–water partition coefficient (Wildman–Crippen LogP) is 3.38. The van der Waals surface area contributed by atoms with Crippen LogP contribution in [0.3, 0.4) is 0 Å². The molecule has 3 nitrogen and oxygen atoms in total. The Hall–Kier alpha value is -1.82. The highest BCUT2D eigenvalue weighted by Crippen LogP contribution is 2.15. The number of carbonyl (C=O) groups is 1. The lowest BCUT2D eigenvalue weighted by Crippen LogP contribution is -2.11. The van der Waals surface area contributed by atoms with Crippen LogP contribution in [-0.2, 0) is 11.2 Å². The molecule has 0 saturated carbocycles. The lowest BCUT2D eigenvalue weighted by Gasteiger charge is -2.07. The maximum atomic E-state index is 11.1. The molecule has 1 rings (SSSR count). The molecule has 3 heteroatoms. The summed E-state index contributed by atoms with van der Waals surface area (Å²) in [6, 6.07) is 9.49. The molecule has 1 aromatic rings. The fourth-order valence-corrected chi connectivity index (χ4v) is 1.40. The predicted molar refractivity (Wildman–Crippen MR) is 72.4 cm³/mol. The molecule has 0 fully saturated rings. The average molecular weight is 247 g/mol. The fourth-order valence-electron chi connectivity index (χ4n) is 1.40. The van der Waals surface area contributed by atoms with Gasteiger partial charge in [0.1, 0.15) is 17.5 Å². The molecule has 98 valence electrons. The Kier molecular flexibility index (Phi) is 8.30. The molecular weight excluding hydrogens is 226 g/mol. The Morgan fingerprint density at radius 3 is 2.28 bits per heavy atom. The van der Waals surface area contributed by atoms with Gasteiger partial charge in [0, 0.05) is 0 Å². The standard InChI is InChI=1S/C13H15NO2.C2H6/c1-3-16-13-6-4-11(5-7-13)8-12(9-14)10(2)15;1-2/h4-7,12H,3,8H2,1-2H3;1-2H3. The number of ether oxygens (including phenoxy) is 1. The molecule has 0 amide bonds. The summed E-state index contributed by atoms with van der Waals surface area (Å²) in [5.41, 5.74) is 0.977. The van der Waals surface area contributed by atoms with E-state index in [0.29, 0.717) is 13.0 Å². The number of nitrogens with zero attached hydrogens (tertiary/aromatic N) is 1. The van der Waals surface area contributed by atoms with Gasteiger partial charge in [-0.15, -0.1) is 0 Å². The topological polar surface area (TPSA) is 50.1 Å². The van der Waals surface area contributed by atoms with E-state index < -0.39 is 5.92 Å². The van der Waals surface area contributed by atoms with E-state index in [4.69, 9.17) is 10.00 Å². The summed E-state index contributed by atoms with van der Waals surface area (Å²) in [4.78, 5) is 11.1. The van der Waals surface area contributed by atoms with Crippen LogP contribution in [0.15, 0.2) is 24.3 Å². The molecule has 0 aromatic heterocycles. The molecular formula is C15H21NO2. The highest BCUT2D eigenvalue weighted by Gasteiger charge is 2.13. The van der Waals surface area contributed by atoms with Gasteiger partial charge < -0.3 is 4.74 Å². The van der Waals surface area contributed by atoms with E-state index >= 15 is 0 Å². The first-order valence-corrected chi connectivity index (χ1v) is 6.29. The van der Waals surface area contributed by atoms with Crippen LogP contribution in [0.4, 0.5) is 0 Å². The zero-order chi connectivity index (χ0) is 14.0. The van der Waals surface area contributed by atoms with E-state index in [-0.39, 0.29) is 5.78 Å². The maximum absolute atomic E-state index is 11.1. The molecule has 0 saturated heterocycles. The minimum atomic E-state index is -0.544. The monoisotopic (exact) mass is 247 g/mol. The SMILES string of the molecule is CC.CCOc1ccc(CC(C#N)C(C)=O)cc1. The molecule has 1 aromatic carbocycles. The van der Waals surface area contributed by atoms with Crippen LogP contribution in [-0.4, -0.2) is 12.4 Å². The van der Waals surface area contributed by atoms with Gasteiger partial charge in [-0.2, -0.15) is 5.26 Å². The van der Waals surface area contributed by atoms with Crippen molar-refractivity contribution >= 4 is 5.78 Å². The summed E-state index contributed by atoms with van der Waals surface area (Å²) in [7, 11) is 0. The second kappa shape index (κ2) is 9.23. The van der Waals surface area contributed by atoms with Crippen LogP contribution in [0.25, 0.3) is 0 Å². The number of Topliss-reactive ketones (excluding diaryl/α,β-unsaturated/α-hetero) is 1. The summed E-state index contributed by atoms with van der Waals surface area (Å²) < 4.78 is 5.31. The van der Waals surface area contributed by atoms with E-state index in [1.165, 1.54) is 6.92 Å². The molecule has 0 aliphatic heterocycles. The highest BCUT2D eigenvalue weighted by molar-refractivity contribution is 5.81. The number of benzene rings is 1. The minimum Gasteiger partial charge on any atom is -0.494 e. The van der Waals surface area contributed by atoms with Crippen molar-refractivity contribution in [1.29, 1.82) is 5.26 Å². The normalized spacial score (nSPS) is 10.6.